The van der Waals surface area contributed by atoms with Crippen LogP contribution in [-0.4, -0.2) is 29.8 Å². The van der Waals surface area contributed by atoms with Crippen molar-refractivity contribution in [3.63, 3.8) is 0 Å². The molecular formula is C21H22Br2ClN3O2. The van der Waals surface area contributed by atoms with E-state index in [9.17, 15) is 9.90 Å². The number of hydrazone groups is 1. The Labute approximate surface area is 192 Å². The first-order valence-electron chi connectivity index (χ1n) is 9.10. The molecule has 2 N–H and O–H groups in total. The van der Waals surface area contributed by atoms with Gasteiger partial charge in [-0.05, 0) is 87.9 Å². The van der Waals surface area contributed by atoms with Crippen molar-refractivity contribution in [3.05, 3.63) is 54.9 Å². The third kappa shape index (κ3) is 4.47. The minimum atomic E-state index is -0.397. The van der Waals surface area contributed by atoms with E-state index in [-0.39, 0.29) is 11.3 Å². The molecule has 1 aliphatic heterocycles. The van der Waals surface area contributed by atoms with Gasteiger partial charge in [0, 0.05) is 29.4 Å². The maximum absolute atomic E-state index is 12.3. The lowest BCUT2D eigenvalue weighted by Crippen LogP contribution is -2.45. The lowest BCUT2D eigenvalue weighted by atomic mass is 9.80. The number of halogens is 3. The summed E-state index contributed by atoms with van der Waals surface area (Å²) in [6.45, 7) is 6.67. The predicted octanol–water partition coefficient (Wildman–Crippen LogP) is 6.06. The van der Waals surface area contributed by atoms with Gasteiger partial charge in [0.25, 0.3) is 5.91 Å². The van der Waals surface area contributed by atoms with E-state index in [1.165, 1.54) is 17.7 Å². The van der Waals surface area contributed by atoms with E-state index in [1.807, 2.05) is 12.1 Å². The van der Waals surface area contributed by atoms with Crippen molar-refractivity contribution in [1.82, 2.24) is 5.43 Å². The Kier molecular flexibility index (Phi) is 6.32. The van der Waals surface area contributed by atoms with Crippen LogP contribution in [0.25, 0.3) is 0 Å². The molecule has 1 heterocycles. The normalized spacial score (nSPS) is 18.0. The molecule has 0 saturated carbocycles. The highest BCUT2D eigenvalue weighted by atomic mass is 79.9. The Morgan fingerprint density at radius 1 is 1.31 bits per heavy atom. The van der Waals surface area contributed by atoms with E-state index in [2.05, 4.69) is 75.1 Å². The summed E-state index contributed by atoms with van der Waals surface area (Å²) in [5.74, 6) is 0.0293. The number of anilines is 1. The molecule has 3 rings (SSSR count). The number of carbonyl (C=O) groups excluding carboxylic acids is 1. The smallest absolute Gasteiger partial charge is 0.271 e. The van der Waals surface area contributed by atoms with Crippen LogP contribution >= 0.6 is 43.5 Å². The van der Waals surface area contributed by atoms with E-state index in [4.69, 9.17) is 11.6 Å². The number of benzene rings is 2. The average molecular weight is 544 g/mol. The molecule has 2 aromatic rings. The second-order valence-corrected chi connectivity index (χ2v) is 10.0. The van der Waals surface area contributed by atoms with Gasteiger partial charge in [0.1, 0.15) is 5.75 Å². The number of amides is 1. The first-order valence-corrected chi connectivity index (χ1v) is 11.1. The van der Waals surface area contributed by atoms with Crippen LogP contribution in [0, 0.1) is 0 Å². The van der Waals surface area contributed by atoms with E-state index in [0.29, 0.717) is 25.4 Å². The lowest BCUT2D eigenvalue weighted by Gasteiger charge is -2.45. The fourth-order valence-corrected chi connectivity index (χ4v) is 5.02. The predicted molar refractivity (Wildman–Crippen MR) is 126 cm³/mol. The molecule has 0 fully saturated rings. The van der Waals surface area contributed by atoms with E-state index in [0.717, 1.165) is 17.7 Å². The molecule has 0 spiro atoms. The molecule has 1 atom stereocenters. The molecule has 0 bridgehead atoms. The summed E-state index contributed by atoms with van der Waals surface area (Å²) in [6, 6.07) is 7.05. The number of hydrogen-bond acceptors (Lipinski definition) is 4. The monoisotopic (exact) mass is 541 g/mol. The van der Waals surface area contributed by atoms with Crippen LogP contribution in [-0.2, 0) is 0 Å². The molecule has 5 nitrogen and oxygen atoms in total. The zero-order valence-electron chi connectivity index (χ0n) is 16.6. The van der Waals surface area contributed by atoms with E-state index >= 15 is 0 Å². The first kappa shape index (κ1) is 22.1. The topological polar surface area (TPSA) is 64.9 Å². The zero-order valence-corrected chi connectivity index (χ0v) is 20.5. The second-order valence-electron chi connectivity index (χ2n) is 7.90. The number of nitrogens with one attached hydrogen (secondary N) is 1. The molecule has 154 valence electrons. The van der Waals surface area contributed by atoms with Crippen LogP contribution in [0.4, 0.5) is 5.69 Å². The first-order chi connectivity index (χ1) is 13.5. The van der Waals surface area contributed by atoms with Gasteiger partial charge in [-0.1, -0.05) is 18.5 Å². The summed E-state index contributed by atoms with van der Waals surface area (Å²) in [6.07, 6.45) is 2.59. The Balaban J connectivity index is 1.82. The summed E-state index contributed by atoms with van der Waals surface area (Å²) in [5, 5.41) is 14.4. The SMILES string of the molecule is CC1CC(C)(C)N(C)c2cc(Cl)c(/C=N\NC(=O)c3cc(Br)c(O)c(Br)c3)cc21. The fraction of sp³-hybridized carbons (Fsp3) is 0.333. The van der Waals surface area contributed by atoms with Gasteiger partial charge in [0.05, 0.1) is 20.2 Å². The minimum Gasteiger partial charge on any atom is -0.506 e. The number of phenols is 1. The van der Waals surface area contributed by atoms with Crippen molar-refractivity contribution in [2.45, 2.75) is 38.6 Å². The highest BCUT2D eigenvalue weighted by Crippen LogP contribution is 2.44. The highest BCUT2D eigenvalue weighted by Gasteiger charge is 2.34. The summed E-state index contributed by atoms with van der Waals surface area (Å²) in [7, 11) is 2.09. The van der Waals surface area contributed by atoms with Gasteiger partial charge in [-0.2, -0.15) is 5.10 Å². The summed E-state index contributed by atoms with van der Waals surface area (Å²) in [4.78, 5) is 14.6. The molecule has 8 heteroatoms. The number of fused-ring (bicyclic) bond motifs is 1. The minimum absolute atomic E-state index is 0.0353. The van der Waals surface area contributed by atoms with Crippen LogP contribution in [0.15, 0.2) is 38.3 Å². The third-order valence-corrected chi connectivity index (χ3v) is 6.94. The van der Waals surface area contributed by atoms with Crippen LogP contribution in [0.5, 0.6) is 5.75 Å². The number of rotatable bonds is 3. The Hall–Kier alpha value is -1.57. The van der Waals surface area contributed by atoms with Crippen molar-refractivity contribution in [3.8, 4) is 5.75 Å². The van der Waals surface area contributed by atoms with Crippen molar-refractivity contribution < 1.29 is 9.90 Å². The fourth-order valence-electron chi connectivity index (χ4n) is 3.63. The summed E-state index contributed by atoms with van der Waals surface area (Å²) >= 11 is 12.9. The Morgan fingerprint density at radius 3 is 2.55 bits per heavy atom. The number of phenolic OH excluding ortho intramolecular Hbond substituents is 1. The maximum Gasteiger partial charge on any atom is 0.271 e. The number of hydrogen-bond donors (Lipinski definition) is 2. The largest absolute Gasteiger partial charge is 0.506 e. The quantitative estimate of drug-likeness (QED) is 0.366. The van der Waals surface area contributed by atoms with Crippen LogP contribution < -0.4 is 10.3 Å². The molecule has 1 amide bonds. The molecule has 2 aromatic carbocycles. The molecular weight excluding hydrogens is 522 g/mol. The molecule has 0 saturated heterocycles. The molecule has 0 aliphatic carbocycles. The zero-order chi connectivity index (χ0) is 21.5. The number of nitrogens with zero attached hydrogens (tertiary/aromatic N) is 2. The Morgan fingerprint density at radius 2 is 1.93 bits per heavy atom. The highest BCUT2D eigenvalue weighted by molar-refractivity contribution is 9.11. The molecule has 0 radical (unpaired) electrons. The molecule has 1 unspecified atom stereocenters. The van der Waals surface area contributed by atoms with Gasteiger partial charge in [-0.15, -0.1) is 0 Å². The van der Waals surface area contributed by atoms with Crippen molar-refractivity contribution >= 4 is 61.3 Å². The number of aromatic hydroxyl groups is 1. The average Bonchev–Trinajstić information content (AvgIpc) is 2.64. The second kappa shape index (κ2) is 8.28. The van der Waals surface area contributed by atoms with Gasteiger partial charge < -0.3 is 10.0 Å². The van der Waals surface area contributed by atoms with Crippen LogP contribution in [0.2, 0.25) is 5.02 Å². The van der Waals surface area contributed by atoms with E-state index in [1.54, 1.807) is 6.21 Å². The van der Waals surface area contributed by atoms with Crippen LogP contribution in [0.1, 0.15) is 54.6 Å². The van der Waals surface area contributed by atoms with Crippen molar-refractivity contribution in [2.75, 3.05) is 11.9 Å². The standard InChI is InChI=1S/C21H22Br2ClN3O2/c1-11-9-21(2,3)27(4)18-8-17(24)13(5-14(11)18)10-25-26-20(29)12-6-15(22)19(28)16(23)7-12/h5-8,10-11,28H,9H2,1-4H3,(H,26,29)/b25-10-. The Bertz CT molecular complexity index is 985. The van der Waals surface area contributed by atoms with Gasteiger partial charge in [-0.25, -0.2) is 5.43 Å². The van der Waals surface area contributed by atoms with Gasteiger partial charge in [0.15, 0.2) is 0 Å². The van der Waals surface area contributed by atoms with E-state index < -0.39 is 5.91 Å². The molecule has 0 aromatic heterocycles. The van der Waals surface area contributed by atoms with Crippen LogP contribution in [0.3, 0.4) is 0 Å². The molecule has 29 heavy (non-hydrogen) atoms. The molecule has 1 aliphatic rings. The summed E-state index contributed by atoms with van der Waals surface area (Å²) in [5.41, 5.74) is 6.01. The maximum atomic E-state index is 12.3. The van der Waals surface area contributed by atoms with Gasteiger partial charge in [-0.3, -0.25) is 4.79 Å². The summed E-state index contributed by atoms with van der Waals surface area (Å²) < 4.78 is 0.833. The lowest BCUT2D eigenvalue weighted by molar-refractivity contribution is 0.0955. The van der Waals surface area contributed by atoms with Gasteiger partial charge >= 0.3 is 0 Å². The third-order valence-electron chi connectivity index (χ3n) is 5.40. The number of carbonyl (C=O) groups is 1. The van der Waals surface area contributed by atoms with Crippen molar-refractivity contribution in [1.29, 1.82) is 0 Å². The van der Waals surface area contributed by atoms with Gasteiger partial charge in [0.2, 0.25) is 0 Å². The van der Waals surface area contributed by atoms with Crippen molar-refractivity contribution in [2.24, 2.45) is 5.10 Å².